The zero-order chi connectivity index (χ0) is 10.7. The molecule has 0 spiro atoms. The van der Waals surface area contributed by atoms with E-state index >= 15 is 0 Å². The molecule has 0 aliphatic carbocycles. The van der Waals surface area contributed by atoms with Gasteiger partial charge in [-0.25, -0.2) is 4.98 Å². The Bertz CT molecular complexity index is 458. The third kappa shape index (κ3) is 2.94. The summed E-state index contributed by atoms with van der Waals surface area (Å²) in [6, 6.07) is 7.70. The Morgan fingerprint density at radius 2 is 2.33 bits per heavy atom. The van der Waals surface area contributed by atoms with Crippen molar-refractivity contribution in [2.24, 2.45) is 0 Å². The average Bonchev–Trinajstić information content (AvgIpc) is 2.62. The second-order valence-corrected chi connectivity index (χ2v) is 4.77. The van der Waals surface area contributed by atoms with Crippen LogP contribution >= 0.6 is 27.3 Å². The molecule has 1 aromatic carbocycles. The molecule has 0 saturated carbocycles. The zero-order valence-electron chi connectivity index (χ0n) is 7.81. The normalized spacial score (nSPS) is 10.2. The molecule has 0 saturated heterocycles. The monoisotopic (exact) mass is 284 g/mol. The molecule has 1 heterocycles. The maximum Gasteiger partial charge on any atom is 0.140 e. The minimum Gasteiger partial charge on any atom is -0.486 e. The summed E-state index contributed by atoms with van der Waals surface area (Å²) >= 11 is 4.88. The SMILES string of the molecule is Nc1csc(COc2cccc(Br)c2)n1. The van der Waals surface area contributed by atoms with Gasteiger partial charge in [0.2, 0.25) is 0 Å². The van der Waals surface area contributed by atoms with Gasteiger partial charge in [-0.2, -0.15) is 0 Å². The fraction of sp³-hybridized carbons (Fsp3) is 0.100. The average molecular weight is 285 g/mol. The van der Waals surface area contributed by atoms with Crippen LogP contribution in [0.15, 0.2) is 34.1 Å². The highest BCUT2D eigenvalue weighted by atomic mass is 79.9. The number of rotatable bonds is 3. The van der Waals surface area contributed by atoms with Crippen LogP contribution in [-0.4, -0.2) is 4.98 Å². The van der Waals surface area contributed by atoms with Crippen molar-refractivity contribution in [3.8, 4) is 5.75 Å². The molecule has 0 radical (unpaired) electrons. The van der Waals surface area contributed by atoms with Gasteiger partial charge in [-0.05, 0) is 18.2 Å². The highest BCUT2D eigenvalue weighted by Gasteiger charge is 2.00. The summed E-state index contributed by atoms with van der Waals surface area (Å²) in [6.07, 6.45) is 0. The van der Waals surface area contributed by atoms with E-state index < -0.39 is 0 Å². The highest BCUT2D eigenvalue weighted by Crippen LogP contribution is 2.20. The summed E-state index contributed by atoms with van der Waals surface area (Å²) in [5.41, 5.74) is 5.51. The van der Waals surface area contributed by atoms with Gasteiger partial charge in [0.15, 0.2) is 0 Å². The molecule has 2 rings (SSSR count). The summed E-state index contributed by atoms with van der Waals surface area (Å²) in [5.74, 6) is 1.37. The number of nitrogens with two attached hydrogens (primary N) is 1. The lowest BCUT2D eigenvalue weighted by atomic mass is 10.3. The van der Waals surface area contributed by atoms with Gasteiger partial charge in [0.1, 0.15) is 23.2 Å². The van der Waals surface area contributed by atoms with Gasteiger partial charge in [-0.15, -0.1) is 11.3 Å². The molecule has 1 aromatic heterocycles. The first-order valence-electron chi connectivity index (χ1n) is 4.32. The van der Waals surface area contributed by atoms with E-state index in [0.717, 1.165) is 15.2 Å². The summed E-state index contributed by atoms with van der Waals surface area (Å²) in [6.45, 7) is 0.457. The largest absolute Gasteiger partial charge is 0.486 e. The van der Waals surface area contributed by atoms with E-state index in [0.29, 0.717) is 12.4 Å². The van der Waals surface area contributed by atoms with Gasteiger partial charge in [0.05, 0.1) is 0 Å². The van der Waals surface area contributed by atoms with E-state index in [9.17, 15) is 0 Å². The Labute approximate surface area is 100 Å². The predicted molar refractivity (Wildman–Crippen MR) is 65.0 cm³/mol. The summed E-state index contributed by atoms with van der Waals surface area (Å²) in [4.78, 5) is 4.11. The second kappa shape index (κ2) is 4.63. The Balaban J connectivity index is 1.99. The van der Waals surface area contributed by atoms with E-state index in [-0.39, 0.29) is 0 Å². The van der Waals surface area contributed by atoms with E-state index in [1.807, 2.05) is 24.3 Å². The fourth-order valence-corrected chi connectivity index (χ4v) is 2.07. The van der Waals surface area contributed by atoms with Crippen molar-refractivity contribution in [3.63, 3.8) is 0 Å². The number of benzene rings is 1. The Morgan fingerprint density at radius 1 is 1.47 bits per heavy atom. The first-order valence-corrected chi connectivity index (χ1v) is 5.99. The Kier molecular flexibility index (Phi) is 3.23. The number of hydrogen-bond acceptors (Lipinski definition) is 4. The molecular weight excluding hydrogens is 276 g/mol. The smallest absolute Gasteiger partial charge is 0.140 e. The number of nitrogens with zero attached hydrogens (tertiary/aromatic N) is 1. The van der Waals surface area contributed by atoms with Crippen molar-refractivity contribution >= 4 is 33.1 Å². The predicted octanol–water partition coefficient (Wildman–Crippen LogP) is 3.07. The van der Waals surface area contributed by atoms with Crippen molar-refractivity contribution in [1.82, 2.24) is 4.98 Å². The first kappa shape index (κ1) is 10.4. The van der Waals surface area contributed by atoms with Crippen molar-refractivity contribution in [2.45, 2.75) is 6.61 Å². The number of halogens is 1. The Morgan fingerprint density at radius 3 is 3.00 bits per heavy atom. The molecule has 3 nitrogen and oxygen atoms in total. The van der Waals surface area contributed by atoms with Gasteiger partial charge >= 0.3 is 0 Å². The minimum absolute atomic E-state index is 0.457. The molecule has 78 valence electrons. The van der Waals surface area contributed by atoms with Crippen LogP contribution in [0.4, 0.5) is 5.82 Å². The van der Waals surface area contributed by atoms with Crippen LogP contribution in [0.2, 0.25) is 0 Å². The molecule has 15 heavy (non-hydrogen) atoms. The maximum atomic E-state index is 5.55. The topological polar surface area (TPSA) is 48.1 Å². The lowest BCUT2D eigenvalue weighted by Crippen LogP contribution is -1.95. The van der Waals surface area contributed by atoms with Crippen molar-refractivity contribution < 1.29 is 4.74 Å². The maximum absolute atomic E-state index is 5.55. The zero-order valence-corrected chi connectivity index (χ0v) is 10.2. The van der Waals surface area contributed by atoms with Crippen LogP contribution in [-0.2, 0) is 6.61 Å². The Hall–Kier alpha value is -1.07. The number of ether oxygens (including phenoxy) is 1. The summed E-state index contributed by atoms with van der Waals surface area (Å²) in [5, 5.41) is 2.69. The van der Waals surface area contributed by atoms with E-state index in [4.69, 9.17) is 10.5 Å². The third-order valence-electron chi connectivity index (χ3n) is 1.73. The summed E-state index contributed by atoms with van der Waals surface area (Å²) < 4.78 is 6.55. The van der Waals surface area contributed by atoms with Gasteiger partial charge in [0.25, 0.3) is 0 Å². The molecule has 0 bridgehead atoms. The van der Waals surface area contributed by atoms with Crippen molar-refractivity contribution in [2.75, 3.05) is 5.73 Å². The molecule has 5 heteroatoms. The standard InChI is InChI=1S/C10H9BrN2OS/c11-7-2-1-3-8(4-7)14-5-10-13-9(12)6-15-10/h1-4,6H,5,12H2. The van der Waals surface area contributed by atoms with Crippen LogP contribution in [0.25, 0.3) is 0 Å². The highest BCUT2D eigenvalue weighted by molar-refractivity contribution is 9.10. The van der Waals surface area contributed by atoms with Gasteiger partial charge < -0.3 is 10.5 Å². The molecule has 0 fully saturated rings. The van der Waals surface area contributed by atoms with Crippen LogP contribution < -0.4 is 10.5 Å². The molecule has 0 unspecified atom stereocenters. The second-order valence-electron chi connectivity index (χ2n) is 2.91. The van der Waals surface area contributed by atoms with E-state index in [1.165, 1.54) is 11.3 Å². The molecule has 0 aliphatic rings. The van der Waals surface area contributed by atoms with E-state index in [1.54, 1.807) is 5.38 Å². The van der Waals surface area contributed by atoms with Gasteiger partial charge in [-0.1, -0.05) is 22.0 Å². The van der Waals surface area contributed by atoms with E-state index in [2.05, 4.69) is 20.9 Å². The quantitative estimate of drug-likeness (QED) is 0.942. The lowest BCUT2D eigenvalue weighted by molar-refractivity contribution is 0.305. The molecule has 0 atom stereocenters. The first-order chi connectivity index (χ1) is 7.24. The molecule has 2 aromatic rings. The number of nitrogen functional groups attached to an aromatic ring is 1. The molecule has 0 aliphatic heterocycles. The van der Waals surface area contributed by atoms with Gasteiger partial charge in [-0.3, -0.25) is 0 Å². The van der Waals surface area contributed by atoms with Crippen LogP contribution in [0.5, 0.6) is 5.75 Å². The van der Waals surface area contributed by atoms with Crippen LogP contribution in [0.1, 0.15) is 5.01 Å². The molecule has 2 N–H and O–H groups in total. The lowest BCUT2D eigenvalue weighted by Gasteiger charge is -2.03. The third-order valence-corrected chi connectivity index (χ3v) is 3.06. The number of anilines is 1. The molecular formula is C10H9BrN2OS. The van der Waals surface area contributed by atoms with Crippen LogP contribution in [0, 0.1) is 0 Å². The summed E-state index contributed by atoms with van der Waals surface area (Å²) in [7, 11) is 0. The number of hydrogen-bond donors (Lipinski definition) is 1. The fourth-order valence-electron chi connectivity index (χ4n) is 1.09. The van der Waals surface area contributed by atoms with Crippen LogP contribution in [0.3, 0.4) is 0 Å². The minimum atomic E-state index is 0.457. The number of aromatic nitrogens is 1. The van der Waals surface area contributed by atoms with Crippen molar-refractivity contribution in [1.29, 1.82) is 0 Å². The number of thiazole rings is 1. The molecule has 0 amide bonds. The van der Waals surface area contributed by atoms with Crippen molar-refractivity contribution in [3.05, 3.63) is 39.1 Å². The van der Waals surface area contributed by atoms with Gasteiger partial charge in [0, 0.05) is 9.85 Å².